The first-order valence-electron chi connectivity index (χ1n) is 4.68. The molecule has 2 rings (SSSR count). The van der Waals surface area contributed by atoms with E-state index in [1.165, 1.54) is 6.20 Å². The second-order valence-electron chi connectivity index (χ2n) is 3.72. The van der Waals surface area contributed by atoms with Crippen molar-refractivity contribution in [1.29, 1.82) is 0 Å². The number of nitrogens with zero attached hydrogens (tertiary/aromatic N) is 1. The number of fused-ring (bicyclic) bond motifs is 1. The number of pyridine rings is 1. The van der Waals surface area contributed by atoms with Gasteiger partial charge in [-0.25, -0.2) is 0 Å². The van der Waals surface area contributed by atoms with Gasteiger partial charge in [0.05, 0.1) is 5.69 Å². The number of hydrogen-bond donors (Lipinski definition) is 1. The molecule has 1 aromatic heterocycles. The van der Waals surface area contributed by atoms with Crippen LogP contribution in [0.25, 0.3) is 0 Å². The van der Waals surface area contributed by atoms with Crippen LogP contribution in [0.5, 0.6) is 0 Å². The molecule has 1 aliphatic rings. The molecule has 1 aliphatic carbocycles. The number of halogens is 3. The number of aryl methyl sites for hydroxylation is 1. The smallest absolute Gasteiger partial charge is 0.375 e. The van der Waals surface area contributed by atoms with E-state index in [0.717, 1.165) is 0 Å². The molecule has 1 unspecified atom stereocenters. The Labute approximate surface area is 84.8 Å². The van der Waals surface area contributed by atoms with Crippen LogP contribution >= 0.6 is 0 Å². The number of aliphatic hydroxyl groups is 1. The van der Waals surface area contributed by atoms with Crippen molar-refractivity contribution < 1.29 is 18.3 Å². The summed E-state index contributed by atoms with van der Waals surface area (Å²) in [7, 11) is 0. The molecule has 0 aliphatic heterocycles. The maximum Gasteiger partial charge on any atom is 0.422 e. The molecule has 0 saturated heterocycles. The molecule has 5 heteroatoms. The van der Waals surface area contributed by atoms with Crippen molar-refractivity contribution in [1.82, 2.24) is 4.98 Å². The predicted octanol–water partition coefficient (Wildman–Crippen LogP) is 2.17. The minimum atomic E-state index is -4.66. The molecule has 82 valence electrons. The van der Waals surface area contributed by atoms with Gasteiger partial charge >= 0.3 is 6.18 Å². The summed E-state index contributed by atoms with van der Waals surface area (Å²) in [5.41, 5.74) is -2.51. The van der Waals surface area contributed by atoms with Crippen LogP contribution in [0.15, 0.2) is 18.3 Å². The highest BCUT2D eigenvalue weighted by molar-refractivity contribution is 5.29. The van der Waals surface area contributed by atoms with E-state index in [1.807, 2.05) is 0 Å². The second kappa shape index (κ2) is 3.20. The van der Waals surface area contributed by atoms with Gasteiger partial charge in [0.15, 0.2) is 0 Å². The lowest BCUT2D eigenvalue weighted by Crippen LogP contribution is -2.45. The molecule has 1 aromatic rings. The summed E-state index contributed by atoms with van der Waals surface area (Å²) < 4.78 is 38.1. The Balaban J connectivity index is 2.55. The monoisotopic (exact) mass is 217 g/mol. The lowest BCUT2D eigenvalue weighted by atomic mass is 9.82. The quantitative estimate of drug-likeness (QED) is 0.722. The van der Waals surface area contributed by atoms with E-state index in [2.05, 4.69) is 4.98 Å². The van der Waals surface area contributed by atoms with Gasteiger partial charge in [-0.1, -0.05) is 6.07 Å². The Kier molecular flexibility index (Phi) is 2.22. The molecular formula is C10H10F3NO. The lowest BCUT2D eigenvalue weighted by Gasteiger charge is -2.34. The van der Waals surface area contributed by atoms with E-state index < -0.39 is 11.8 Å². The maximum absolute atomic E-state index is 12.7. The molecule has 2 nitrogen and oxygen atoms in total. The largest absolute Gasteiger partial charge is 0.422 e. The van der Waals surface area contributed by atoms with E-state index in [-0.39, 0.29) is 12.1 Å². The summed E-state index contributed by atoms with van der Waals surface area (Å²) in [6.45, 7) is 0. The SMILES string of the molecule is OC1(C(F)(F)F)CCCc2cccnc21. The van der Waals surface area contributed by atoms with Crippen LogP contribution in [-0.4, -0.2) is 16.3 Å². The van der Waals surface area contributed by atoms with Crippen LogP contribution in [0.4, 0.5) is 13.2 Å². The minimum absolute atomic E-state index is 0.233. The van der Waals surface area contributed by atoms with Gasteiger partial charge in [0.25, 0.3) is 0 Å². The van der Waals surface area contributed by atoms with Gasteiger partial charge in [-0.2, -0.15) is 13.2 Å². The minimum Gasteiger partial charge on any atom is -0.375 e. The molecule has 1 N–H and O–H groups in total. The highest BCUT2D eigenvalue weighted by atomic mass is 19.4. The first kappa shape index (κ1) is 10.4. The standard InChI is InChI=1S/C10H10F3NO/c11-10(12,13)9(15)5-1-3-7-4-2-6-14-8(7)9/h2,4,6,15H,1,3,5H2. The van der Waals surface area contributed by atoms with Gasteiger partial charge < -0.3 is 5.11 Å². The lowest BCUT2D eigenvalue weighted by molar-refractivity contribution is -0.273. The van der Waals surface area contributed by atoms with Crippen molar-refractivity contribution in [3.8, 4) is 0 Å². The second-order valence-corrected chi connectivity index (χ2v) is 3.72. The summed E-state index contributed by atoms with van der Waals surface area (Å²) in [5.74, 6) is 0. The zero-order chi connectivity index (χ0) is 11.1. The van der Waals surface area contributed by atoms with Crippen molar-refractivity contribution >= 4 is 0 Å². The Morgan fingerprint density at radius 2 is 2.13 bits per heavy atom. The maximum atomic E-state index is 12.7. The van der Waals surface area contributed by atoms with Gasteiger partial charge in [0.2, 0.25) is 5.60 Å². The van der Waals surface area contributed by atoms with E-state index >= 15 is 0 Å². The molecule has 0 bridgehead atoms. The fourth-order valence-electron chi connectivity index (χ4n) is 1.94. The van der Waals surface area contributed by atoms with E-state index in [0.29, 0.717) is 18.4 Å². The zero-order valence-corrected chi connectivity index (χ0v) is 7.88. The van der Waals surface area contributed by atoms with Crippen LogP contribution in [0.3, 0.4) is 0 Å². The summed E-state index contributed by atoms with van der Waals surface area (Å²) in [4.78, 5) is 3.67. The summed E-state index contributed by atoms with van der Waals surface area (Å²) in [6.07, 6.45) is -2.81. The van der Waals surface area contributed by atoms with Gasteiger partial charge in [-0.15, -0.1) is 0 Å². The summed E-state index contributed by atoms with van der Waals surface area (Å²) in [5, 5.41) is 9.67. The molecule has 0 aromatic carbocycles. The van der Waals surface area contributed by atoms with Gasteiger partial charge in [-0.3, -0.25) is 4.98 Å². The predicted molar refractivity (Wildman–Crippen MR) is 47.1 cm³/mol. The van der Waals surface area contributed by atoms with Crippen LogP contribution in [0.2, 0.25) is 0 Å². The molecule has 0 amide bonds. The van der Waals surface area contributed by atoms with Crippen LogP contribution in [0.1, 0.15) is 24.1 Å². The van der Waals surface area contributed by atoms with Gasteiger partial charge in [-0.05, 0) is 30.9 Å². The summed E-state index contributed by atoms with van der Waals surface area (Å²) >= 11 is 0. The molecule has 1 atom stereocenters. The fourth-order valence-corrected chi connectivity index (χ4v) is 1.94. The Morgan fingerprint density at radius 3 is 2.80 bits per heavy atom. The van der Waals surface area contributed by atoms with Crippen molar-refractivity contribution in [3.05, 3.63) is 29.6 Å². The Morgan fingerprint density at radius 1 is 1.40 bits per heavy atom. The molecule has 0 saturated carbocycles. The molecule has 15 heavy (non-hydrogen) atoms. The first-order chi connectivity index (χ1) is 6.95. The highest BCUT2D eigenvalue weighted by Crippen LogP contribution is 2.45. The van der Waals surface area contributed by atoms with Gasteiger partial charge in [0.1, 0.15) is 0 Å². The third-order valence-corrected chi connectivity index (χ3v) is 2.74. The molecular weight excluding hydrogens is 207 g/mol. The average Bonchev–Trinajstić information content (AvgIpc) is 2.17. The third-order valence-electron chi connectivity index (χ3n) is 2.74. The Hall–Kier alpha value is -1.10. The normalized spacial score (nSPS) is 26.1. The summed E-state index contributed by atoms with van der Waals surface area (Å²) in [6, 6.07) is 3.17. The molecule has 0 radical (unpaired) electrons. The number of rotatable bonds is 0. The Bertz CT molecular complexity index is 377. The van der Waals surface area contributed by atoms with Gasteiger partial charge in [0, 0.05) is 6.20 Å². The first-order valence-corrected chi connectivity index (χ1v) is 4.68. The molecule has 0 spiro atoms. The average molecular weight is 217 g/mol. The highest BCUT2D eigenvalue weighted by Gasteiger charge is 2.57. The van der Waals surface area contributed by atoms with Crippen molar-refractivity contribution in [2.75, 3.05) is 0 Å². The molecule has 0 fully saturated rings. The van der Waals surface area contributed by atoms with Crippen LogP contribution < -0.4 is 0 Å². The zero-order valence-electron chi connectivity index (χ0n) is 7.88. The van der Waals surface area contributed by atoms with Crippen LogP contribution in [0, 0.1) is 0 Å². The number of hydrogen-bond acceptors (Lipinski definition) is 2. The van der Waals surface area contributed by atoms with Crippen LogP contribution in [-0.2, 0) is 12.0 Å². The topological polar surface area (TPSA) is 33.1 Å². The van der Waals surface area contributed by atoms with Crippen molar-refractivity contribution in [2.45, 2.75) is 31.0 Å². The third kappa shape index (κ3) is 1.51. The fraction of sp³-hybridized carbons (Fsp3) is 0.500. The van der Waals surface area contributed by atoms with Crippen molar-refractivity contribution in [2.24, 2.45) is 0 Å². The van der Waals surface area contributed by atoms with Crippen molar-refractivity contribution in [3.63, 3.8) is 0 Å². The van der Waals surface area contributed by atoms with E-state index in [1.54, 1.807) is 12.1 Å². The number of aromatic nitrogens is 1. The molecule has 1 heterocycles. The van der Waals surface area contributed by atoms with E-state index in [9.17, 15) is 18.3 Å². The number of alkyl halides is 3. The van der Waals surface area contributed by atoms with E-state index in [4.69, 9.17) is 0 Å².